The van der Waals surface area contributed by atoms with Crippen LogP contribution < -0.4 is 5.73 Å². The summed E-state index contributed by atoms with van der Waals surface area (Å²) in [6.45, 7) is 4.09. The fourth-order valence-electron chi connectivity index (χ4n) is 3.58. The molecule has 9 heteroatoms. The zero-order chi connectivity index (χ0) is 19.6. The smallest absolute Gasteiger partial charge is 0.149 e. The molecule has 4 aromatic heterocycles. The normalized spacial score (nSPS) is 14.5. The van der Waals surface area contributed by atoms with E-state index < -0.39 is 0 Å². The number of anilines is 1. The molecule has 0 bridgehead atoms. The lowest BCUT2D eigenvalue weighted by molar-refractivity contribution is 0.386. The minimum atomic E-state index is 0.0867. The van der Waals surface area contributed by atoms with Gasteiger partial charge in [-0.2, -0.15) is 10.2 Å². The maximum Gasteiger partial charge on any atom is 0.149 e. The highest BCUT2D eigenvalue weighted by Crippen LogP contribution is 2.48. The van der Waals surface area contributed by atoms with Crippen LogP contribution in [0.25, 0.3) is 33.5 Å². The third-order valence-electron chi connectivity index (χ3n) is 5.06. The van der Waals surface area contributed by atoms with Crippen LogP contribution >= 0.6 is 11.6 Å². The summed E-state index contributed by atoms with van der Waals surface area (Å²) in [5.74, 6) is 1.59. The summed E-state index contributed by atoms with van der Waals surface area (Å²) in [7, 11) is 1.89. The molecule has 0 radical (unpaired) electrons. The van der Waals surface area contributed by atoms with Crippen LogP contribution in [0.2, 0.25) is 5.02 Å². The lowest BCUT2D eigenvalue weighted by atomic mass is 10.0. The molecule has 0 spiro atoms. The molecule has 1 aliphatic carbocycles. The molecular formula is C19H20ClN7O. The first-order valence-electron chi connectivity index (χ1n) is 9.27. The molecule has 1 saturated carbocycles. The van der Waals surface area contributed by atoms with E-state index in [0.717, 1.165) is 35.4 Å². The quantitative estimate of drug-likeness (QED) is 0.554. The largest absolute Gasteiger partial charge is 0.383 e. The second kappa shape index (κ2) is 6.07. The summed E-state index contributed by atoms with van der Waals surface area (Å²) in [6, 6.07) is 2.04. The SMILES string of the molecule is CC(C)n1nc(-c2noc(C3CC3)c2-c2ccn(C)n2)c2c(N)ncc(Cl)c21. The van der Waals surface area contributed by atoms with Gasteiger partial charge in [0, 0.05) is 25.2 Å². The molecular weight excluding hydrogens is 378 g/mol. The van der Waals surface area contributed by atoms with Gasteiger partial charge in [0.1, 0.15) is 23.0 Å². The highest BCUT2D eigenvalue weighted by Gasteiger charge is 2.35. The summed E-state index contributed by atoms with van der Waals surface area (Å²) in [6.07, 6.45) is 5.64. The number of fused-ring (bicyclic) bond motifs is 1. The molecule has 0 unspecified atom stereocenters. The van der Waals surface area contributed by atoms with Gasteiger partial charge in [-0.1, -0.05) is 16.8 Å². The first-order chi connectivity index (χ1) is 13.5. The predicted octanol–water partition coefficient (Wildman–Crippen LogP) is 4.18. The van der Waals surface area contributed by atoms with Crippen molar-refractivity contribution in [1.29, 1.82) is 0 Å². The fraction of sp³-hybridized carbons (Fsp3) is 0.368. The molecule has 8 nitrogen and oxygen atoms in total. The van der Waals surface area contributed by atoms with Crippen LogP contribution in [-0.2, 0) is 7.05 Å². The van der Waals surface area contributed by atoms with Gasteiger partial charge in [-0.05, 0) is 32.8 Å². The van der Waals surface area contributed by atoms with Crippen LogP contribution in [0.1, 0.15) is 44.4 Å². The Morgan fingerprint density at radius 3 is 2.68 bits per heavy atom. The van der Waals surface area contributed by atoms with Gasteiger partial charge in [0.05, 0.1) is 33.4 Å². The van der Waals surface area contributed by atoms with Crippen LogP contribution in [0.5, 0.6) is 0 Å². The molecule has 0 atom stereocenters. The fourth-order valence-corrected chi connectivity index (χ4v) is 3.81. The van der Waals surface area contributed by atoms with E-state index in [1.54, 1.807) is 10.9 Å². The number of hydrogen-bond acceptors (Lipinski definition) is 6. The number of hydrogen-bond donors (Lipinski definition) is 1. The monoisotopic (exact) mass is 397 g/mol. The summed E-state index contributed by atoms with van der Waals surface area (Å²) in [5.41, 5.74) is 9.92. The highest BCUT2D eigenvalue weighted by atomic mass is 35.5. The van der Waals surface area contributed by atoms with E-state index in [1.165, 1.54) is 0 Å². The molecule has 4 aromatic rings. The number of rotatable bonds is 4. The van der Waals surface area contributed by atoms with Gasteiger partial charge in [-0.3, -0.25) is 9.36 Å². The van der Waals surface area contributed by atoms with Crippen molar-refractivity contribution in [1.82, 2.24) is 29.7 Å². The number of pyridine rings is 1. The maximum atomic E-state index is 6.47. The number of aryl methyl sites for hydroxylation is 1. The van der Waals surface area contributed by atoms with E-state index in [0.29, 0.717) is 33.5 Å². The summed E-state index contributed by atoms with van der Waals surface area (Å²) in [4.78, 5) is 4.24. The Bertz CT molecular complexity index is 1200. The van der Waals surface area contributed by atoms with Crippen LogP contribution in [0.3, 0.4) is 0 Å². The van der Waals surface area contributed by atoms with E-state index in [2.05, 4.69) is 15.2 Å². The van der Waals surface area contributed by atoms with Crippen molar-refractivity contribution in [3.05, 3.63) is 29.2 Å². The van der Waals surface area contributed by atoms with E-state index >= 15 is 0 Å². The van der Waals surface area contributed by atoms with Gasteiger partial charge in [0.25, 0.3) is 0 Å². The van der Waals surface area contributed by atoms with Crippen molar-refractivity contribution in [3.8, 4) is 22.6 Å². The van der Waals surface area contributed by atoms with E-state index in [-0.39, 0.29) is 6.04 Å². The molecule has 0 aromatic carbocycles. The Kier molecular flexibility index (Phi) is 3.74. The van der Waals surface area contributed by atoms with Crippen molar-refractivity contribution in [2.24, 2.45) is 7.05 Å². The van der Waals surface area contributed by atoms with Gasteiger partial charge in [-0.25, -0.2) is 4.98 Å². The number of aromatic nitrogens is 6. The van der Waals surface area contributed by atoms with Gasteiger partial charge in [0.15, 0.2) is 0 Å². The third-order valence-corrected chi connectivity index (χ3v) is 5.34. The number of nitrogens with two attached hydrogens (primary N) is 1. The van der Waals surface area contributed by atoms with Crippen LogP contribution in [0, 0.1) is 0 Å². The van der Waals surface area contributed by atoms with Crippen molar-refractivity contribution in [2.75, 3.05) is 5.73 Å². The molecule has 0 aliphatic heterocycles. The molecule has 144 valence electrons. The summed E-state index contributed by atoms with van der Waals surface area (Å²) in [5, 5.41) is 15.0. The molecule has 1 aliphatic rings. The molecule has 0 amide bonds. The predicted molar refractivity (Wildman–Crippen MR) is 107 cm³/mol. The average Bonchev–Trinajstić information content (AvgIpc) is 3.08. The van der Waals surface area contributed by atoms with Crippen LogP contribution in [0.4, 0.5) is 5.82 Å². The summed E-state index contributed by atoms with van der Waals surface area (Å²) >= 11 is 6.47. The standard InChI is InChI=1S/C19H20ClN7O/c1-9(2)27-17-11(20)8-22-19(21)14(17)15(24-27)16-13(12-6-7-26(3)23-12)18(28-25-16)10-4-5-10/h6-10H,4-5H2,1-3H3,(H2,21,22). The second-order valence-corrected chi connectivity index (χ2v) is 7.93. The third kappa shape index (κ3) is 2.51. The van der Waals surface area contributed by atoms with Gasteiger partial charge in [0.2, 0.25) is 0 Å². The van der Waals surface area contributed by atoms with Gasteiger partial charge < -0.3 is 10.3 Å². The molecule has 1 fully saturated rings. The topological polar surface area (TPSA) is 101 Å². The van der Waals surface area contributed by atoms with E-state index in [9.17, 15) is 0 Å². The zero-order valence-corrected chi connectivity index (χ0v) is 16.6. The molecule has 2 N–H and O–H groups in total. The van der Waals surface area contributed by atoms with E-state index in [4.69, 9.17) is 27.0 Å². The molecule has 4 heterocycles. The van der Waals surface area contributed by atoms with Crippen molar-refractivity contribution in [2.45, 2.75) is 38.6 Å². The Morgan fingerprint density at radius 1 is 1.25 bits per heavy atom. The highest BCUT2D eigenvalue weighted by molar-refractivity contribution is 6.35. The second-order valence-electron chi connectivity index (χ2n) is 7.52. The van der Waals surface area contributed by atoms with Crippen molar-refractivity contribution >= 4 is 28.3 Å². The number of nitrogens with zero attached hydrogens (tertiary/aromatic N) is 6. The summed E-state index contributed by atoms with van der Waals surface area (Å²) < 4.78 is 9.41. The minimum Gasteiger partial charge on any atom is -0.383 e. The lowest BCUT2D eigenvalue weighted by Crippen LogP contribution is -2.03. The molecule has 5 rings (SSSR count). The number of halogens is 1. The van der Waals surface area contributed by atoms with Crippen LogP contribution in [0.15, 0.2) is 23.0 Å². The average molecular weight is 398 g/mol. The Hall–Kier alpha value is -2.87. The minimum absolute atomic E-state index is 0.0867. The number of nitrogen functional groups attached to an aromatic ring is 1. The van der Waals surface area contributed by atoms with E-state index in [1.807, 2.05) is 37.8 Å². The zero-order valence-electron chi connectivity index (χ0n) is 15.8. The Labute approximate surface area is 166 Å². The van der Waals surface area contributed by atoms with Crippen molar-refractivity contribution in [3.63, 3.8) is 0 Å². The first-order valence-corrected chi connectivity index (χ1v) is 9.65. The lowest BCUT2D eigenvalue weighted by Gasteiger charge is -2.07. The van der Waals surface area contributed by atoms with Crippen molar-refractivity contribution < 1.29 is 4.52 Å². The Morgan fingerprint density at radius 2 is 2.04 bits per heavy atom. The van der Waals surface area contributed by atoms with Gasteiger partial charge >= 0.3 is 0 Å². The Balaban J connectivity index is 1.84. The maximum absolute atomic E-state index is 6.47. The molecule has 0 saturated heterocycles. The van der Waals surface area contributed by atoms with Gasteiger partial charge in [-0.15, -0.1) is 0 Å². The first kappa shape index (κ1) is 17.2. The van der Waals surface area contributed by atoms with Crippen LogP contribution in [-0.4, -0.2) is 29.7 Å². The molecule has 28 heavy (non-hydrogen) atoms.